The molecule has 2 fully saturated rings. The van der Waals surface area contributed by atoms with Crippen molar-refractivity contribution >= 4 is 11.7 Å². The second-order valence-corrected chi connectivity index (χ2v) is 8.90. The normalized spacial score (nSPS) is 20.0. The Morgan fingerprint density at radius 3 is 2.61 bits per heavy atom. The Labute approximate surface area is 193 Å². The van der Waals surface area contributed by atoms with Gasteiger partial charge in [0.25, 0.3) is 0 Å². The average Bonchev–Trinajstić information content (AvgIpc) is 3.41. The van der Waals surface area contributed by atoms with Crippen molar-refractivity contribution in [2.45, 2.75) is 38.3 Å². The summed E-state index contributed by atoms with van der Waals surface area (Å²) < 4.78 is 1.61. The minimum atomic E-state index is -0.0223. The van der Waals surface area contributed by atoms with Crippen LogP contribution in [0, 0.1) is 5.92 Å². The molecule has 2 aliphatic heterocycles. The lowest BCUT2D eigenvalue weighted by Gasteiger charge is -2.36. The largest absolute Gasteiger partial charge is 0.356 e. The molecule has 2 aliphatic rings. The summed E-state index contributed by atoms with van der Waals surface area (Å²) in [5, 5.41) is 7.47. The summed E-state index contributed by atoms with van der Waals surface area (Å²) in [6.07, 6.45) is 8.52. The second kappa shape index (κ2) is 10.1. The van der Waals surface area contributed by atoms with Gasteiger partial charge in [-0.15, -0.1) is 0 Å². The maximum Gasteiger partial charge on any atom is 0.225 e. The molecule has 172 valence electrons. The van der Waals surface area contributed by atoms with Crippen molar-refractivity contribution in [3.8, 4) is 5.82 Å². The first-order valence-corrected chi connectivity index (χ1v) is 11.7. The van der Waals surface area contributed by atoms with Crippen LogP contribution in [0.15, 0.2) is 55.4 Å². The van der Waals surface area contributed by atoms with E-state index in [1.165, 1.54) is 11.9 Å². The molecular weight excluding hydrogens is 416 g/mol. The molecule has 33 heavy (non-hydrogen) atoms. The highest BCUT2D eigenvalue weighted by Crippen LogP contribution is 2.23. The third-order valence-electron chi connectivity index (χ3n) is 6.59. The topological polar surface area (TPSA) is 92.1 Å². The van der Waals surface area contributed by atoms with Gasteiger partial charge in [0.2, 0.25) is 5.91 Å². The molecule has 2 saturated heterocycles. The van der Waals surface area contributed by atoms with Crippen LogP contribution in [0.4, 0.5) is 5.82 Å². The molecule has 1 N–H and O–H groups in total. The molecule has 0 radical (unpaired) electrons. The summed E-state index contributed by atoms with van der Waals surface area (Å²) in [5.74, 6) is 1.64. The zero-order valence-corrected chi connectivity index (χ0v) is 18.8. The fourth-order valence-electron chi connectivity index (χ4n) is 4.76. The summed E-state index contributed by atoms with van der Waals surface area (Å²) in [6, 6.07) is 12.7. The predicted octanol–water partition coefficient (Wildman–Crippen LogP) is 2.05. The minimum absolute atomic E-state index is 0.0223. The fraction of sp³-hybridized carbons (Fsp3) is 0.458. The summed E-state index contributed by atoms with van der Waals surface area (Å²) in [7, 11) is 0. The quantitative estimate of drug-likeness (QED) is 0.620. The number of benzene rings is 1. The van der Waals surface area contributed by atoms with Gasteiger partial charge in [0.15, 0.2) is 5.82 Å². The zero-order valence-electron chi connectivity index (χ0n) is 18.8. The lowest BCUT2D eigenvalue weighted by Crippen LogP contribution is -2.49. The van der Waals surface area contributed by atoms with Crippen molar-refractivity contribution in [3.63, 3.8) is 0 Å². The van der Waals surface area contributed by atoms with Gasteiger partial charge in [-0.1, -0.05) is 30.3 Å². The van der Waals surface area contributed by atoms with E-state index in [1.807, 2.05) is 6.07 Å². The number of rotatable bonds is 6. The second-order valence-electron chi connectivity index (χ2n) is 8.90. The lowest BCUT2D eigenvalue weighted by molar-refractivity contribution is -0.126. The van der Waals surface area contributed by atoms with Crippen LogP contribution >= 0.6 is 0 Å². The highest BCUT2D eigenvalue weighted by molar-refractivity contribution is 5.79. The monoisotopic (exact) mass is 446 g/mol. The minimum Gasteiger partial charge on any atom is -0.356 e. The number of anilines is 1. The number of aromatic nitrogens is 5. The number of hydrogen-bond donors (Lipinski definition) is 1. The third kappa shape index (κ3) is 5.36. The molecule has 0 aliphatic carbocycles. The number of carbonyl (C=O) groups is 1. The van der Waals surface area contributed by atoms with Gasteiger partial charge >= 0.3 is 0 Å². The van der Waals surface area contributed by atoms with Crippen LogP contribution in [-0.4, -0.2) is 67.8 Å². The van der Waals surface area contributed by atoms with Gasteiger partial charge < -0.3 is 10.2 Å². The average molecular weight is 447 g/mol. The molecule has 0 unspecified atom stereocenters. The van der Waals surface area contributed by atoms with Gasteiger partial charge in [-0.2, -0.15) is 5.10 Å². The van der Waals surface area contributed by atoms with Gasteiger partial charge in [-0.3, -0.25) is 9.69 Å². The Hall–Kier alpha value is -3.33. The Balaban J connectivity index is 1.13. The van der Waals surface area contributed by atoms with Crippen molar-refractivity contribution in [2.75, 3.05) is 31.1 Å². The number of nitrogens with one attached hydrogen (secondary N) is 1. The molecule has 3 aromatic rings. The summed E-state index contributed by atoms with van der Waals surface area (Å²) in [6.45, 7) is 4.57. The number of hydrogen-bond acceptors (Lipinski definition) is 7. The van der Waals surface area contributed by atoms with E-state index in [0.717, 1.165) is 57.7 Å². The Morgan fingerprint density at radius 2 is 1.82 bits per heavy atom. The molecule has 1 aromatic carbocycles. The Kier molecular flexibility index (Phi) is 6.57. The van der Waals surface area contributed by atoms with Crippen LogP contribution in [-0.2, 0) is 11.3 Å². The molecule has 0 bridgehead atoms. The van der Waals surface area contributed by atoms with E-state index in [1.54, 1.807) is 17.3 Å². The lowest BCUT2D eigenvalue weighted by atomic mass is 9.95. The van der Waals surface area contributed by atoms with Crippen molar-refractivity contribution in [2.24, 2.45) is 5.92 Å². The van der Waals surface area contributed by atoms with Crippen LogP contribution in [0.3, 0.4) is 0 Å². The van der Waals surface area contributed by atoms with E-state index in [2.05, 4.69) is 65.5 Å². The van der Waals surface area contributed by atoms with Gasteiger partial charge in [0.1, 0.15) is 24.8 Å². The fourth-order valence-corrected chi connectivity index (χ4v) is 4.76. The molecule has 2 aromatic heterocycles. The Morgan fingerprint density at radius 1 is 1.00 bits per heavy atom. The number of piperidine rings is 2. The van der Waals surface area contributed by atoms with Crippen LogP contribution < -0.4 is 10.2 Å². The van der Waals surface area contributed by atoms with Gasteiger partial charge in [-0.05, 0) is 31.2 Å². The third-order valence-corrected chi connectivity index (χ3v) is 6.59. The molecule has 0 saturated carbocycles. The van der Waals surface area contributed by atoms with Crippen molar-refractivity contribution in [3.05, 3.63) is 60.9 Å². The highest BCUT2D eigenvalue weighted by atomic mass is 16.2. The van der Waals surface area contributed by atoms with Gasteiger partial charge in [0.05, 0.1) is 5.92 Å². The van der Waals surface area contributed by atoms with E-state index in [4.69, 9.17) is 0 Å². The van der Waals surface area contributed by atoms with Gasteiger partial charge in [-0.25, -0.2) is 19.6 Å². The van der Waals surface area contributed by atoms with Crippen LogP contribution in [0.1, 0.15) is 31.2 Å². The van der Waals surface area contributed by atoms with E-state index in [-0.39, 0.29) is 17.9 Å². The predicted molar refractivity (Wildman–Crippen MR) is 125 cm³/mol. The first kappa shape index (κ1) is 21.5. The summed E-state index contributed by atoms with van der Waals surface area (Å²) >= 11 is 0. The number of amides is 1. The van der Waals surface area contributed by atoms with Crippen molar-refractivity contribution in [1.82, 2.24) is 34.9 Å². The molecular formula is C24H30N8O. The van der Waals surface area contributed by atoms with Crippen LogP contribution in [0.5, 0.6) is 0 Å². The number of carbonyl (C=O) groups excluding carboxylic acids is 1. The molecule has 9 heteroatoms. The van der Waals surface area contributed by atoms with E-state index >= 15 is 0 Å². The maximum absolute atomic E-state index is 13.1. The standard InChI is InChI=1S/C24H30N8O/c33-24(29-21-8-11-30(12-9-21)14-19-5-2-1-3-6-19)20-7-4-10-31(15-20)22-13-23(27-17-26-22)32-18-25-16-28-32/h1-3,5-6,13,16-18,20-21H,4,7-12,14-15H2,(H,29,33)/t20-/m0/s1. The first-order chi connectivity index (χ1) is 16.2. The maximum atomic E-state index is 13.1. The number of nitrogens with zero attached hydrogens (tertiary/aromatic N) is 7. The summed E-state index contributed by atoms with van der Waals surface area (Å²) in [4.78, 5) is 30.4. The molecule has 4 heterocycles. The number of likely N-dealkylation sites (tertiary alicyclic amines) is 1. The highest BCUT2D eigenvalue weighted by Gasteiger charge is 2.29. The van der Waals surface area contributed by atoms with Crippen molar-refractivity contribution < 1.29 is 4.79 Å². The smallest absolute Gasteiger partial charge is 0.225 e. The SMILES string of the molecule is O=C(NC1CCN(Cc2ccccc2)CC1)[C@H]1CCCN(c2cc(-n3cncn3)ncn2)C1. The van der Waals surface area contributed by atoms with E-state index < -0.39 is 0 Å². The molecule has 0 spiro atoms. The van der Waals surface area contributed by atoms with Gasteiger partial charge in [0, 0.05) is 44.8 Å². The molecule has 1 atom stereocenters. The molecule has 9 nitrogen and oxygen atoms in total. The summed E-state index contributed by atoms with van der Waals surface area (Å²) in [5.41, 5.74) is 1.35. The first-order valence-electron chi connectivity index (χ1n) is 11.7. The van der Waals surface area contributed by atoms with E-state index in [0.29, 0.717) is 12.4 Å². The zero-order chi connectivity index (χ0) is 22.5. The van der Waals surface area contributed by atoms with Crippen molar-refractivity contribution in [1.29, 1.82) is 0 Å². The van der Waals surface area contributed by atoms with Crippen LogP contribution in [0.25, 0.3) is 5.82 Å². The molecule has 5 rings (SSSR count). The Bertz CT molecular complexity index is 1030. The van der Waals surface area contributed by atoms with E-state index in [9.17, 15) is 4.79 Å². The van der Waals surface area contributed by atoms with Crippen LogP contribution in [0.2, 0.25) is 0 Å². The molecule has 1 amide bonds.